The highest BCUT2D eigenvalue weighted by molar-refractivity contribution is 5.95. The minimum Gasteiger partial charge on any atom is -0.367 e. The lowest BCUT2D eigenvalue weighted by Crippen LogP contribution is -2.32. The van der Waals surface area contributed by atoms with Gasteiger partial charge in [0.25, 0.3) is 5.91 Å². The Morgan fingerprint density at radius 3 is 2.62 bits per heavy atom. The van der Waals surface area contributed by atoms with Crippen LogP contribution in [-0.2, 0) is 0 Å². The molecule has 3 N–H and O–H groups in total. The average Bonchev–Trinajstić information content (AvgIpc) is 2.66. The summed E-state index contributed by atoms with van der Waals surface area (Å²) in [6.45, 7) is 4.06. The average molecular weight is 242 g/mol. The van der Waals surface area contributed by atoms with E-state index in [1.165, 1.54) is 0 Å². The lowest BCUT2D eigenvalue weighted by atomic mass is 10.2. The Morgan fingerprint density at radius 1 is 1.38 bits per heavy atom. The largest absolute Gasteiger partial charge is 0.367 e. The van der Waals surface area contributed by atoms with Gasteiger partial charge in [-0.25, -0.2) is 0 Å². The van der Waals surface area contributed by atoms with Gasteiger partial charge in [-0.15, -0.1) is 12.4 Å². The maximum absolute atomic E-state index is 11.9. The molecule has 3 rings (SSSR count). The lowest BCUT2D eigenvalue weighted by Gasteiger charge is -2.07. The summed E-state index contributed by atoms with van der Waals surface area (Å²) in [5.74, 6) is 1.41. The first kappa shape index (κ1) is 11.5. The molecule has 0 spiro atoms. The van der Waals surface area contributed by atoms with Gasteiger partial charge in [-0.2, -0.15) is 0 Å². The summed E-state index contributed by atoms with van der Waals surface area (Å²) in [6.07, 6.45) is 3.62. The van der Waals surface area contributed by atoms with E-state index in [1.807, 2.05) is 13.1 Å². The number of aromatic amines is 1. The van der Waals surface area contributed by atoms with Crippen molar-refractivity contribution in [1.82, 2.24) is 15.6 Å². The molecule has 1 aromatic heterocycles. The fraction of sp³-hybridized carbons (Fsp3) is 0.545. The van der Waals surface area contributed by atoms with Crippen molar-refractivity contribution in [3.8, 4) is 0 Å². The quantitative estimate of drug-likeness (QED) is 0.714. The van der Waals surface area contributed by atoms with E-state index < -0.39 is 0 Å². The second-order valence-corrected chi connectivity index (χ2v) is 4.54. The number of hydrogen-bond donors (Lipinski definition) is 3. The molecule has 0 radical (unpaired) electrons. The zero-order valence-electron chi connectivity index (χ0n) is 9.12. The highest BCUT2D eigenvalue weighted by atomic mass is 35.5. The minimum atomic E-state index is 0. The normalized spacial score (nSPS) is 30.4. The SMILES string of the molecule is Cc1c[nH]cc1C(=O)NC1C2CNCC21.Cl. The van der Waals surface area contributed by atoms with Crippen LogP contribution < -0.4 is 10.6 Å². The van der Waals surface area contributed by atoms with Gasteiger partial charge in [-0.3, -0.25) is 4.79 Å². The molecular weight excluding hydrogens is 226 g/mol. The molecular formula is C11H16ClN3O. The molecule has 2 atom stereocenters. The molecule has 1 amide bonds. The molecule has 88 valence electrons. The predicted octanol–water partition coefficient (Wildman–Crippen LogP) is 0.693. The number of fused-ring (bicyclic) bond motifs is 1. The first-order valence-corrected chi connectivity index (χ1v) is 5.42. The number of H-pyrrole nitrogens is 1. The first-order valence-electron chi connectivity index (χ1n) is 5.42. The van der Waals surface area contributed by atoms with Crippen molar-refractivity contribution in [3.63, 3.8) is 0 Å². The third-order valence-electron chi connectivity index (χ3n) is 3.59. The number of aromatic nitrogens is 1. The molecule has 5 heteroatoms. The summed E-state index contributed by atoms with van der Waals surface area (Å²) in [7, 11) is 0. The van der Waals surface area contributed by atoms with Gasteiger partial charge < -0.3 is 15.6 Å². The van der Waals surface area contributed by atoms with Crippen LogP contribution in [0.4, 0.5) is 0 Å². The Morgan fingerprint density at radius 2 is 2.06 bits per heavy atom. The van der Waals surface area contributed by atoms with Gasteiger partial charge in [-0.1, -0.05) is 0 Å². The second kappa shape index (κ2) is 4.11. The number of carbonyl (C=O) groups excluding carboxylic acids is 1. The molecule has 0 aromatic carbocycles. The molecule has 1 aliphatic heterocycles. The van der Waals surface area contributed by atoms with Crippen molar-refractivity contribution in [1.29, 1.82) is 0 Å². The maximum atomic E-state index is 11.9. The van der Waals surface area contributed by atoms with E-state index in [1.54, 1.807) is 6.20 Å². The molecule has 2 aliphatic rings. The monoisotopic (exact) mass is 241 g/mol. The molecule has 1 saturated carbocycles. The van der Waals surface area contributed by atoms with E-state index >= 15 is 0 Å². The van der Waals surface area contributed by atoms with Crippen LogP contribution in [0.1, 0.15) is 15.9 Å². The highest BCUT2D eigenvalue weighted by Crippen LogP contribution is 2.41. The first-order chi connectivity index (χ1) is 7.27. The molecule has 1 aliphatic carbocycles. The summed E-state index contributed by atoms with van der Waals surface area (Å²) < 4.78 is 0. The van der Waals surface area contributed by atoms with Crippen LogP contribution in [0.3, 0.4) is 0 Å². The van der Waals surface area contributed by atoms with Crippen molar-refractivity contribution in [2.75, 3.05) is 13.1 Å². The van der Waals surface area contributed by atoms with Gasteiger partial charge in [0.2, 0.25) is 0 Å². The molecule has 16 heavy (non-hydrogen) atoms. The van der Waals surface area contributed by atoms with E-state index in [4.69, 9.17) is 0 Å². The van der Waals surface area contributed by atoms with Crippen molar-refractivity contribution in [2.24, 2.45) is 11.8 Å². The van der Waals surface area contributed by atoms with Gasteiger partial charge in [0, 0.05) is 31.5 Å². The number of rotatable bonds is 2. The van der Waals surface area contributed by atoms with Crippen LogP contribution >= 0.6 is 12.4 Å². The summed E-state index contributed by atoms with van der Waals surface area (Å²) in [6, 6.07) is 0.410. The molecule has 2 heterocycles. The minimum absolute atomic E-state index is 0. The number of amides is 1. The van der Waals surface area contributed by atoms with Gasteiger partial charge in [-0.05, 0) is 24.3 Å². The lowest BCUT2D eigenvalue weighted by molar-refractivity contribution is 0.0946. The Kier molecular flexibility index (Phi) is 2.95. The Hall–Kier alpha value is -1.00. The van der Waals surface area contributed by atoms with Crippen molar-refractivity contribution < 1.29 is 4.79 Å². The van der Waals surface area contributed by atoms with Gasteiger partial charge >= 0.3 is 0 Å². The maximum Gasteiger partial charge on any atom is 0.253 e. The topological polar surface area (TPSA) is 56.9 Å². The zero-order valence-corrected chi connectivity index (χ0v) is 9.93. The summed E-state index contributed by atoms with van der Waals surface area (Å²) >= 11 is 0. The third kappa shape index (κ3) is 1.72. The standard InChI is InChI=1S/C11H15N3O.ClH/c1-6-2-12-3-7(6)11(15)14-10-8-4-13-5-9(8)10;/h2-3,8-10,12-13H,4-5H2,1H3,(H,14,15);1H. The summed E-state index contributed by atoms with van der Waals surface area (Å²) in [5, 5.41) is 6.41. The van der Waals surface area contributed by atoms with Crippen molar-refractivity contribution in [2.45, 2.75) is 13.0 Å². The molecule has 4 nitrogen and oxygen atoms in total. The summed E-state index contributed by atoms with van der Waals surface area (Å²) in [5.41, 5.74) is 1.78. The Balaban J connectivity index is 0.000000963. The van der Waals surface area contributed by atoms with E-state index in [0.29, 0.717) is 17.9 Å². The number of carbonyl (C=O) groups is 1. The van der Waals surface area contributed by atoms with E-state index in [2.05, 4.69) is 15.6 Å². The second-order valence-electron chi connectivity index (χ2n) is 4.54. The van der Waals surface area contributed by atoms with Gasteiger partial charge in [0.05, 0.1) is 5.56 Å². The van der Waals surface area contributed by atoms with E-state index in [9.17, 15) is 4.79 Å². The van der Waals surface area contributed by atoms with Gasteiger partial charge in [0.1, 0.15) is 0 Å². The van der Waals surface area contributed by atoms with Crippen LogP contribution in [0, 0.1) is 18.8 Å². The Labute approximate surface area is 101 Å². The molecule has 2 fully saturated rings. The molecule has 0 bridgehead atoms. The molecule has 1 aromatic rings. The highest BCUT2D eigenvalue weighted by Gasteiger charge is 2.53. The van der Waals surface area contributed by atoms with Crippen LogP contribution in [0.15, 0.2) is 12.4 Å². The van der Waals surface area contributed by atoms with Crippen LogP contribution in [0.25, 0.3) is 0 Å². The van der Waals surface area contributed by atoms with Crippen LogP contribution in [-0.4, -0.2) is 30.0 Å². The fourth-order valence-electron chi connectivity index (χ4n) is 2.55. The van der Waals surface area contributed by atoms with Crippen molar-refractivity contribution >= 4 is 18.3 Å². The molecule has 2 unspecified atom stereocenters. The third-order valence-corrected chi connectivity index (χ3v) is 3.59. The van der Waals surface area contributed by atoms with E-state index in [0.717, 1.165) is 24.2 Å². The van der Waals surface area contributed by atoms with Crippen LogP contribution in [0.5, 0.6) is 0 Å². The van der Waals surface area contributed by atoms with Crippen LogP contribution in [0.2, 0.25) is 0 Å². The number of halogens is 1. The number of piperidine rings is 1. The van der Waals surface area contributed by atoms with Crippen molar-refractivity contribution in [3.05, 3.63) is 23.5 Å². The van der Waals surface area contributed by atoms with Gasteiger partial charge in [0.15, 0.2) is 0 Å². The number of hydrogen-bond acceptors (Lipinski definition) is 2. The number of nitrogens with one attached hydrogen (secondary N) is 3. The smallest absolute Gasteiger partial charge is 0.253 e. The fourth-order valence-corrected chi connectivity index (χ4v) is 2.55. The zero-order chi connectivity index (χ0) is 10.4. The Bertz CT molecular complexity index is 394. The predicted molar refractivity (Wildman–Crippen MR) is 63.9 cm³/mol. The molecule has 1 saturated heterocycles. The van der Waals surface area contributed by atoms with E-state index in [-0.39, 0.29) is 18.3 Å². The summed E-state index contributed by atoms with van der Waals surface area (Å²) in [4.78, 5) is 14.8. The number of aryl methyl sites for hydroxylation is 1.